The molecule has 3 nitrogen and oxygen atoms in total. The molecule has 0 fully saturated rings. The van der Waals surface area contributed by atoms with E-state index in [0.717, 1.165) is 23.5 Å². The van der Waals surface area contributed by atoms with Gasteiger partial charge in [-0.1, -0.05) is 6.07 Å². The maximum atomic E-state index is 4.54. The molecule has 2 aromatic heterocycles. The molecule has 0 bridgehead atoms. The van der Waals surface area contributed by atoms with Crippen LogP contribution in [0.4, 0.5) is 0 Å². The Hall–Kier alpha value is -1.68. The predicted molar refractivity (Wildman–Crippen MR) is 73.7 cm³/mol. The summed E-state index contributed by atoms with van der Waals surface area (Å²) in [5.41, 5.74) is 2.48. The summed E-state index contributed by atoms with van der Waals surface area (Å²) in [6.07, 6.45) is 7.31. The van der Waals surface area contributed by atoms with Crippen molar-refractivity contribution in [1.82, 2.24) is 9.55 Å². The number of rotatable bonds is 3. The average molecular weight is 258 g/mol. The van der Waals surface area contributed by atoms with Gasteiger partial charge in [-0.3, -0.25) is 0 Å². The molecule has 92 valence electrons. The molecule has 1 aromatic carbocycles. The van der Waals surface area contributed by atoms with E-state index in [1.807, 2.05) is 7.05 Å². The molecule has 0 radical (unpaired) electrons. The van der Waals surface area contributed by atoms with Crippen LogP contribution in [0, 0.1) is 6.92 Å². The van der Waals surface area contributed by atoms with E-state index in [1.165, 1.54) is 10.3 Å². The fourth-order valence-electron chi connectivity index (χ4n) is 2.14. The first-order valence-electron chi connectivity index (χ1n) is 6.08. The zero-order valence-corrected chi connectivity index (χ0v) is 11.4. The van der Waals surface area contributed by atoms with Crippen molar-refractivity contribution in [2.75, 3.05) is 0 Å². The lowest BCUT2D eigenvalue weighted by Gasteiger charge is -1.99. The molecule has 0 aliphatic rings. The number of aromatic nitrogens is 3. The van der Waals surface area contributed by atoms with Gasteiger partial charge in [0.15, 0.2) is 0 Å². The number of fused-ring (bicyclic) bond motifs is 1. The molecule has 0 aliphatic heterocycles. The number of benzene rings is 1. The van der Waals surface area contributed by atoms with Gasteiger partial charge in [0, 0.05) is 6.42 Å². The van der Waals surface area contributed by atoms with Crippen LogP contribution in [0.25, 0.3) is 10.2 Å². The molecule has 0 saturated heterocycles. The zero-order valence-electron chi connectivity index (χ0n) is 10.6. The van der Waals surface area contributed by atoms with Crippen LogP contribution in [0.3, 0.4) is 0 Å². The Morgan fingerprint density at radius 3 is 3.06 bits per heavy atom. The normalized spacial score (nSPS) is 11.2. The third-order valence-corrected chi connectivity index (χ3v) is 3.99. The van der Waals surface area contributed by atoms with Crippen molar-refractivity contribution >= 4 is 21.6 Å². The van der Waals surface area contributed by atoms with Crippen molar-refractivity contribution in [2.24, 2.45) is 7.05 Å². The van der Waals surface area contributed by atoms with Crippen molar-refractivity contribution in [3.63, 3.8) is 0 Å². The molecule has 3 rings (SSSR count). The van der Waals surface area contributed by atoms with Crippen LogP contribution in [0.5, 0.6) is 0 Å². The van der Waals surface area contributed by atoms with Crippen molar-refractivity contribution in [2.45, 2.75) is 19.9 Å². The summed E-state index contributed by atoms with van der Waals surface area (Å²) in [5.74, 6) is 0. The highest BCUT2D eigenvalue weighted by Gasteiger charge is 2.04. The van der Waals surface area contributed by atoms with Crippen LogP contribution < -0.4 is 4.57 Å². The second-order valence-electron chi connectivity index (χ2n) is 4.60. The Labute approximate surface area is 110 Å². The molecular weight excluding hydrogens is 242 g/mol. The highest BCUT2D eigenvalue weighted by atomic mass is 32.1. The molecule has 0 unspecified atom stereocenters. The molecule has 3 aromatic rings. The second kappa shape index (κ2) is 4.53. The molecule has 18 heavy (non-hydrogen) atoms. The molecule has 2 heterocycles. The van der Waals surface area contributed by atoms with E-state index in [9.17, 15) is 0 Å². The topological polar surface area (TPSA) is 21.7 Å². The molecule has 0 saturated carbocycles. The monoisotopic (exact) mass is 258 g/mol. The van der Waals surface area contributed by atoms with Gasteiger partial charge < -0.3 is 0 Å². The van der Waals surface area contributed by atoms with Gasteiger partial charge in [0.1, 0.15) is 12.4 Å². The Morgan fingerprint density at radius 1 is 1.39 bits per heavy atom. The Morgan fingerprint density at radius 2 is 2.28 bits per heavy atom. The zero-order chi connectivity index (χ0) is 12.5. The van der Waals surface area contributed by atoms with Crippen LogP contribution in [0.2, 0.25) is 0 Å². The summed E-state index contributed by atoms with van der Waals surface area (Å²) in [4.78, 5) is 4.54. The first kappa shape index (κ1) is 11.4. The Balaban J connectivity index is 1.78. The summed E-state index contributed by atoms with van der Waals surface area (Å²) in [6.45, 7) is 3.07. The van der Waals surface area contributed by atoms with Gasteiger partial charge in [0.25, 0.3) is 0 Å². The minimum Gasteiger partial charge on any atom is -0.242 e. The van der Waals surface area contributed by atoms with Crippen molar-refractivity contribution in [3.8, 4) is 0 Å². The summed E-state index contributed by atoms with van der Waals surface area (Å²) in [6, 6.07) is 6.61. The Kier molecular flexibility index (Phi) is 2.88. The fraction of sp³-hybridized carbons (Fsp3) is 0.286. The van der Waals surface area contributed by atoms with E-state index < -0.39 is 0 Å². The summed E-state index contributed by atoms with van der Waals surface area (Å²) < 4.78 is 5.55. The van der Waals surface area contributed by atoms with Gasteiger partial charge in [-0.2, -0.15) is 0 Å². The molecular formula is C14H16N3S+. The lowest BCUT2D eigenvalue weighted by molar-refractivity contribution is -0.671. The maximum Gasteiger partial charge on any atom is 0.243 e. The van der Waals surface area contributed by atoms with Gasteiger partial charge in [-0.15, -0.1) is 11.3 Å². The van der Waals surface area contributed by atoms with Crippen LogP contribution >= 0.6 is 11.3 Å². The quantitative estimate of drug-likeness (QED) is 0.661. The van der Waals surface area contributed by atoms with Gasteiger partial charge >= 0.3 is 0 Å². The lowest BCUT2D eigenvalue weighted by atomic mass is 10.1. The van der Waals surface area contributed by atoms with Crippen LogP contribution in [0.15, 0.2) is 36.9 Å². The van der Waals surface area contributed by atoms with E-state index in [-0.39, 0.29) is 0 Å². The third-order valence-electron chi connectivity index (χ3n) is 3.04. The van der Waals surface area contributed by atoms with E-state index in [2.05, 4.69) is 58.0 Å². The van der Waals surface area contributed by atoms with Gasteiger partial charge in [0.05, 0.1) is 28.8 Å². The van der Waals surface area contributed by atoms with Crippen molar-refractivity contribution in [3.05, 3.63) is 47.5 Å². The van der Waals surface area contributed by atoms with Gasteiger partial charge in [-0.05, 0) is 24.6 Å². The van der Waals surface area contributed by atoms with Gasteiger partial charge in [-0.25, -0.2) is 14.1 Å². The summed E-state index contributed by atoms with van der Waals surface area (Å²) >= 11 is 1.76. The highest BCUT2D eigenvalue weighted by molar-refractivity contribution is 7.18. The number of aryl methyl sites for hydroxylation is 4. The SMILES string of the molecule is Cc1nc2cc(CCn3cc[n+](C)c3)ccc2s1. The molecule has 0 aliphatic carbocycles. The minimum atomic E-state index is 1.01. The molecule has 0 atom stereocenters. The van der Waals surface area contributed by atoms with Crippen LogP contribution in [-0.2, 0) is 20.0 Å². The molecule has 0 N–H and O–H groups in total. The number of nitrogens with zero attached hydrogens (tertiary/aromatic N) is 3. The summed E-state index contributed by atoms with van der Waals surface area (Å²) in [5, 5.41) is 1.14. The number of thiazole rings is 1. The lowest BCUT2D eigenvalue weighted by Crippen LogP contribution is -2.23. The van der Waals surface area contributed by atoms with E-state index in [1.54, 1.807) is 11.3 Å². The largest absolute Gasteiger partial charge is 0.243 e. The number of hydrogen-bond acceptors (Lipinski definition) is 2. The van der Waals surface area contributed by atoms with Crippen molar-refractivity contribution in [1.29, 1.82) is 0 Å². The van der Waals surface area contributed by atoms with Crippen LogP contribution in [-0.4, -0.2) is 9.55 Å². The maximum absolute atomic E-state index is 4.54. The standard InChI is InChI=1S/C14H16N3S/c1-11-15-13-9-12(3-4-14(13)18-11)5-6-17-8-7-16(2)10-17/h3-4,7-10H,5-6H2,1-2H3/q+1. The number of hydrogen-bond donors (Lipinski definition) is 0. The first-order valence-corrected chi connectivity index (χ1v) is 6.89. The van der Waals surface area contributed by atoms with Crippen LogP contribution in [0.1, 0.15) is 10.6 Å². The predicted octanol–water partition coefficient (Wildman–Crippen LogP) is 2.47. The third kappa shape index (κ3) is 2.29. The van der Waals surface area contributed by atoms with E-state index in [0.29, 0.717) is 0 Å². The average Bonchev–Trinajstić information content (AvgIpc) is 2.90. The number of imidazole rings is 1. The minimum absolute atomic E-state index is 1.01. The molecule has 0 amide bonds. The summed E-state index contributed by atoms with van der Waals surface area (Å²) in [7, 11) is 2.04. The highest BCUT2D eigenvalue weighted by Crippen LogP contribution is 2.22. The Bertz CT molecular complexity index is 681. The molecule has 0 spiro atoms. The van der Waals surface area contributed by atoms with E-state index in [4.69, 9.17) is 0 Å². The first-order chi connectivity index (χ1) is 8.70. The van der Waals surface area contributed by atoms with Gasteiger partial charge in [0.2, 0.25) is 6.33 Å². The van der Waals surface area contributed by atoms with Crippen molar-refractivity contribution < 1.29 is 4.57 Å². The second-order valence-corrected chi connectivity index (χ2v) is 5.84. The van der Waals surface area contributed by atoms with E-state index >= 15 is 0 Å². The smallest absolute Gasteiger partial charge is 0.242 e. The molecule has 4 heteroatoms. The fourth-order valence-corrected chi connectivity index (χ4v) is 2.94.